The van der Waals surface area contributed by atoms with Gasteiger partial charge in [-0.3, -0.25) is 4.79 Å². The molecule has 0 unspecified atom stereocenters. The molecule has 2 rings (SSSR count). The number of hydrogen-bond donors (Lipinski definition) is 1. The van der Waals surface area contributed by atoms with E-state index in [-0.39, 0.29) is 5.91 Å². The summed E-state index contributed by atoms with van der Waals surface area (Å²) in [6.07, 6.45) is 0. The van der Waals surface area contributed by atoms with Crippen molar-refractivity contribution in [2.24, 2.45) is 0 Å². The third kappa shape index (κ3) is 3.74. The Morgan fingerprint density at radius 2 is 1.79 bits per heavy atom. The summed E-state index contributed by atoms with van der Waals surface area (Å²) >= 11 is 0. The number of methoxy groups -OCH3 is 2. The van der Waals surface area contributed by atoms with Gasteiger partial charge in [-0.1, -0.05) is 18.2 Å². The molecular weight excluding hydrogens is 306 g/mol. The minimum absolute atomic E-state index is 0.147. The molecule has 0 saturated carbocycles. The van der Waals surface area contributed by atoms with Crippen molar-refractivity contribution in [2.75, 3.05) is 14.2 Å². The Hall–Kier alpha value is -2.82. The predicted octanol–water partition coefficient (Wildman–Crippen LogP) is 3.03. The number of aryl methyl sites for hydroxylation is 1. The third-order valence-electron chi connectivity index (χ3n) is 3.97. The number of esters is 1. The van der Waals surface area contributed by atoms with E-state index < -0.39 is 5.97 Å². The van der Waals surface area contributed by atoms with Crippen LogP contribution in [0.4, 0.5) is 0 Å². The number of nitrogens with one attached hydrogen (secondary N) is 1. The minimum atomic E-state index is -0.477. The van der Waals surface area contributed by atoms with Gasteiger partial charge in [0.2, 0.25) is 0 Å². The summed E-state index contributed by atoms with van der Waals surface area (Å²) in [6.45, 7) is 4.20. The molecule has 1 amide bonds. The van der Waals surface area contributed by atoms with Gasteiger partial charge in [-0.2, -0.15) is 0 Å². The number of carbonyl (C=O) groups is 2. The van der Waals surface area contributed by atoms with Gasteiger partial charge in [0, 0.05) is 12.1 Å². The Bertz CT molecular complexity index is 768. The zero-order valence-corrected chi connectivity index (χ0v) is 14.3. The quantitative estimate of drug-likeness (QED) is 0.857. The highest BCUT2D eigenvalue weighted by Crippen LogP contribution is 2.21. The van der Waals surface area contributed by atoms with Crippen LogP contribution in [-0.2, 0) is 11.3 Å². The highest BCUT2D eigenvalue weighted by molar-refractivity contribution is 5.96. The summed E-state index contributed by atoms with van der Waals surface area (Å²) < 4.78 is 9.91. The Labute approximate surface area is 141 Å². The molecule has 5 heteroatoms. The van der Waals surface area contributed by atoms with E-state index in [9.17, 15) is 9.59 Å². The number of ether oxygens (including phenoxy) is 2. The Kier molecular flexibility index (Phi) is 5.58. The van der Waals surface area contributed by atoms with Crippen LogP contribution < -0.4 is 10.1 Å². The summed E-state index contributed by atoms with van der Waals surface area (Å²) in [5.41, 5.74) is 3.80. The van der Waals surface area contributed by atoms with Gasteiger partial charge in [-0.15, -0.1) is 0 Å². The molecule has 0 saturated heterocycles. The number of carbonyl (C=O) groups excluding carboxylic acids is 2. The molecular formula is C19H21NO4. The van der Waals surface area contributed by atoms with Crippen molar-refractivity contribution in [3.63, 3.8) is 0 Å². The zero-order chi connectivity index (χ0) is 17.7. The van der Waals surface area contributed by atoms with Gasteiger partial charge in [0.05, 0.1) is 14.2 Å². The number of amides is 1. The van der Waals surface area contributed by atoms with Gasteiger partial charge in [-0.25, -0.2) is 4.79 Å². The Morgan fingerprint density at radius 3 is 2.46 bits per heavy atom. The van der Waals surface area contributed by atoms with E-state index in [2.05, 4.69) is 5.32 Å². The molecule has 126 valence electrons. The monoisotopic (exact) mass is 327 g/mol. The van der Waals surface area contributed by atoms with Crippen LogP contribution in [0.3, 0.4) is 0 Å². The van der Waals surface area contributed by atoms with Gasteiger partial charge < -0.3 is 14.8 Å². The third-order valence-corrected chi connectivity index (χ3v) is 3.97. The fourth-order valence-electron chi connectivity index (χ4n) is 2.41. The number of hydrogen-bond acceptors (Lipinski definition) is 4. The molecule has 0 aromatic heterocycles. The summed E-state index contributed by atoms with van der Waals surface area (Å²) in [6, 6.07) is 10.8. The van der Waals surface area contributed by atoms with E-state index in [1.54, 1.807) is 24.3 Å². The first-order valence-electron chi connectivity index (χ1n) is 7.57. The molecule has 0 aliphatic heterocycles. The SMILES string of the molecule is COC(=O)c1cc(CNC(=O)c2cccc(C)c2C)ccc1OC. The predicted molar refractivity (Wildman–Crippen MR) is 91.4 cm³/mol. The molecule has 0 atom stereocenters. The van der Waals surface area contributed by atoms with E-state index in [0.717, 1.165) is 16.7 Å². The number of benzene rings is 2. The average Bonchev–Trinajstić information content (AvgIpc) is 2.61. The Balaban J connectivity index is 2.16. The van der Waals surface area contributed by atoms with Gasteiger partial charge in [-0.05, 0) is 48.7 Å². The normalized spacial score (nSPS) is 10.2. The fraction of sp³-hybridized carbons (Fsp3) is 0.263. The lowest BCUT2D eigenvalue weighted by Gasteiger charge is -2.11. The van der Waals surface area contributed by atoms with Crippen molar-refractivity contribution in [3.05, 3.63) is 64.2 Å². The first-order chi connectivity index (χ1) is 11.5. The van der Waals surface area contributed by atoms with Crippen molar-refractivity contribution in [2.45, 2.75) is 20.4 Å². The molecule has 24 heavy (non-hydrogen) atoms. The Morgan fingerprint density at radius 1 is 1.04 bits per heavy atom. The summed E-state index contributed by atoms with van der Waals surface area (Å²) in [4.78, 5) is 24.2. The average molecular weight is 327 g/mol. The molecule has 1 N–H and O–H groups in total. The van der Waals surface area contributed by atoms with Crippen LogP contribution in [0.15, 0.2) is 36.4 Å². The van der Waals surface area contributed by atoms with Crippen LogP contribution in [0.2, 0.25) is 0 Å². The minimum Gasteiger partial charge on any atom is -0.496 e. The van der Waals surface area contributed by atoms with Gasteiger partial charge in [0.15, 0.2) is 0 Å². The van der Waals surface area contributed by atoms with Gasteiger partial charge >= 0.3 is 5.97 Å². The van der Waals surface area contributed by atoms with E-state index in [1.807, 2.05) is 26.0 Å². The van der Waals surface area contributed by atoms with Crippen molar-refractivity contribution in [1.82, 2.24) is 5.32 Å². The highest BCUT2D eigenvalue weighted by atomic mass is 16.5. The van der Waals surface area contributed by atoms with Gasteiger partial charge in [0.25, 0.3) is 5.91 Å². The fourth-order valence-corrected chi connectivity index (χ4v) is 2.41. The van der Waals surface area contributed by atoms with Crippen LogP contribution in [-0.4, -0.2) is 26.1 Å². The molecule has 0 aliphatic rings. The standard InChI is InChI=1S/C19H21NO4/c1-12-6-5-7-15(13(12)2)18(21)20-11-14-8-9-17(23-3)16(10-14)19(22)24-4/h5-10H,11H2,1-4H3,(H,20,21). The molecule has 2 aromatic carbocycles. The maximum absolute atomic E-state index is 12.4. The second-order valence-electron chi connectivity index (χ2n) is 5.46. The second kappa shape index (κ2) is 7.64. The summed E-state index contributed by atoms with van der Waals surface area (Å²) in [5.74, 6) is -0.187. The van der Waals surface area contributed by atoms with Crippen LogP contribution in [0.5, 0.6) is 5.75 Å². The molecule has 2 aromatic rings. The maximum atomic E-state index is 12.4. The zero-order valence-electron chi connectivity index (χ0n) is 14.3. The van der Waals surface area contributed by atoms with Crippen molar-refractivity contribution < 1.29 is 19.1 Å². The first-order valence-corrected chi connectivity index (χ1v) is 7.57. The lowest BCUT2D eigenvalue weighted by atomic mass is 10.0. The van der Waals surface area contributed by atoms with Crippen molar-refractivity contribution >= 4 is 11.9 Å². The van der Waals surface area contributed by atoms with E-state index in [1.165, 1.54) is 14.2 Å². The summed E-state index contributed by atoms with van der Waals surface area (Å²) in [7, 11) is 2.81. The molecule has 0 bridgehead atoms. The van der Waals surface area contributed by atoms with Gasteiger partial charge in [0.1, 0.15) is 11.3 Å². The maximum Gasteiger partial charge on any atom is 0.341 e. The summed E-state index contributed by atoms with van der Waals surface area (Å²) in [5, 5.41) is 2.87. The molecule has 0 radical (unpaired) electrons. The largest absolute Gasteiger partial charge is 0.496 e. The smallest absolute Gasteiger partial charge is 0.341 e. The molecule has 5 nitrogen and oxygen atoms in total. The van der Waals surface area contributed by atoms with Crippen molar-refractivity contribution in [1.29, 1.82) is 0 Å². The molecule has 0 spiro atoms. The first kappa shape index (κ1) is 17.5. The highest BCUT2D eigenvalue weighted by Gasteiger charge is 2.14. The lowest BCUT2D eigenvalue weighted by molar-refractivity contribution is 0.0597. The van der Waals surface area contributed by atoms with Crippen LogP contribution >= 0.6 is 0 Å². The van der Waals surface area contributed by atoms with E-state index in [4.69, 9.17) is 9.47 Å². The topological polar surface area (TPSA) is 64.6 Å². The van der Waals surface area contributed by atoms with E-state index in [0.29, 0.717) is 23.4 Å². The second-order valence-corrected chi connectivity index (χ2v) is 5.46. The molecule has 0 fully saturated rings. The van der Waals surface area contributed by atoms with Crippen LogP contribution in [0.25, 0.3) is 0 Å². The van der Waals surface area contributed by atoms with Crippen molar-refractivity contribution in [3.8, 4) is 5.75 Å². The van der Waals surface area contributed by atoms with E-state index >= 15 is 0 Å². The van der Waals surface area contributed by atoms with Crippen LogP contribution in [0, 0.1) is 13.8 Å². The lowest BCUT2D eigenvalue weighted by Crippen LogP contribution is -2.24. The number of rotatable bonds is 5. The molecule has 0 aliphatic carbocycles. The molecule has 0 heterocycles. The van der Waals surface area contributed by atoms with Crippen LogP contribution in [0.1, 0.15) is 37.4 Å².